The second kappa shape index (κ2) is 6.30. The Kier molecular flexibility index (Phi) is 4.67. The van der Waals surface area contributed by atoms with Gasteiger partial charge in [0.05, 0.1) is 10.4 Å². The van der Waals surface area contributed by atoms with Gasteiger partial charge in [-0.15, -0.1) is 11.8 Å². The highest BCUT2D eigenvalue weighted by atomic mass is 32.2. The van der Waals surface area contributed by atoms with Crippen molar-refractivity contribution in [2.24, 2.45) is 0 Å². The van der Waals surface area contributed by atoms with Gasteiger partial charge in [-0.3, -0.25) is 4.79 Å². The van der Waals surface area contributed by atoms with E-state index in [1.54, 1.807) is 17.8 Å². The zero-order valence-corrected chi connectivity index (χ0v) is 12.4. The van der Waals surface area contributed by atoms with Crippen LogP contribution in [0.1, 0.15) is 25.3 Å². The Bertz CT molecular complexity index is 595. The average molecular weight is 309 g/mol. The molecular formula is C15H16FNO3S. The standard InChI is InChI=1S/C15H16FNO3S/c1-15(7-2-8-21-15)14(20)17-12-5-3-10(9-11(12)16)4-6-13(18)19/h3-6,9H,2,7-8H2,1H3,(H,17,20)(H,18,19)/b6-4+. The molecule has 1 aliphatic heterocycles. The van der Waals surface area contributed by atoms with E-state index in [-0.39, 0.29) is 11.6 Å². The van der Waals surface area contributed by atoms with Gasteiger partial charge in [-0.25, -0.2) is 9.18 Å². The van der Waals surface area contributed by atoms with Gasteiger partial charge < -0.3 is 10.4 Å². The van der Waals surface area contributed by atoms with Gasteiger partial charge in [0.1, 0.15) is 5.82 Å². The number of anilines is 1. The topological polar surface area (TPSA) is 66.4 Å². The molecule has 1 aromatic carbocycles. The van der Waals surface area contributed by atoms with E-state index in [0.29, 0.717) is 5.56 Å². The Labute approximate surface area is 126 Å². The number of carboxylic acid groups (broad SMARTS) is 1. The van der Waals surface area contributed by atoms with Gasteiger partial charge in [0.25, 0.3) is 0 Å². The zero-order valence-electron chi connectivity index (χ0n) is 11.6. The van der Waals surface area contributed by atoms with E-state index in [4.69, 9.17) is 5.11 Å². The number of aliphatic carboxylic acids is 1. The lowest BCUT2D eigenvalue weighted by Crippen LogP contribution is -2.34. The van der Waals surface area contributed by atoms with E-state index in [9.17, 15) is 14.0 Å². The fourth-order valence-electron chi connectivity index (χ4n) is 2.12. The molecule has 2 rings (SSSR count). The van der Waals surface area contributed by atoms with Crippen molar-refractivity contribution in [3.63, 3.8) is 0 Å². The van der Waals surface area contributed by atoms with Crippen molar-refractivity contribution in [1.29, 1.82) is 0 Å². The maximum atomic E-state index is 13.9. The fraction of sp³-hybridized carbons (Fsp3) is 0.333. The summed E-state index contributed by atoms with van der Waals surface area (Å²) in [5, 5.41) is 11.1. The van der Waals surface area contributed by atoms with Crippen LogP contribution >= 0.6 is 11.8 Å². The Morgan fingerprint density at radius 2 is 2.24 bits per heavy atom. The summed E-state index contributed by atoms with van der Waals surface area (Å²) in [5.41, 5.74) is 0.538. The number of carbonyl (C=O) groups is 2. The van der Waals surface area contributed by atoms with Crippen molar-refractivity contribution in [2.45, 2.75) is 24.5 Å². The molecule has 1 aliphatic rings. The van der Waals surface area contributed by atoms with Crippen molar-refractivity contribution in [3.8, 4) is 0 Å². The number of hydrogen-bond acceptors (Lipinski definition) is 3. The maximum absolute atomic E-state index is 13.9. The number of hydrogen-bond donors (Lipinski definition) is 2. The van der Waals surface area contributed by atoms with Gasteiger partial charge in [0.2, 0.25) is 5.91 Å². The molecule has 6 heteroatoms. The molecule has 0 aliphatic carbocycles. The highest BCUT2D eigenvalue weighted by Crippen LogP contribution is 2.38. The quantitative estimate of drug-likeness (QED) is 0.839. The number of halogens is 1. The summed E-state index contributed by atoms with van der Waals surface area (Å²) in [6.45, 7) is 1.86. The van der Waals surface area contributed by atoms with Gasteiger partial charge >= 0.3 is 5.97 Å². The van der Waals surface area contributed by atoms with Crippen LogP contribution < -0.4 is 5.32 Å². The van der Waals surface area contributed by atoms with E-state index in [2.05, 4.69) is 5.32 Å². The number of carboxylic acids is 1. The summed E-state index contributed by atoms with van der Waals surface area (Å²) in [6.07, 6.45) is 3.99. The number of carbonyl (C=O) groups excluding carboxylic acids is 1. The van der Waals surface area contributed by atoms with Crippen LogP contribution in [0.4, 0.5) is 10.1 Å². The number of benzene rings is 1. The van der Waals surface area contributed by atoms with Crippen molar-refractivity contribution < 1.29 is 19.1 Å². The highest BCUT2D eigenvalue weighted by Gasteiger charge is 2.37. The molecule has 1 amide bonds. The minimum absolute atomic E-state index is 0.112. The van der Waals surface area contributed by atoms with E-state index in [1.165, 1.54) is 18.2 Å². The molecule has 0 aromatic heterocycles. The van der Waals surface area contributed by atoms with E-state index in [1.807, 2.05) is 6.92 Å². The number of amides is 1. The second-order valence-electron chi connectivity index (χ2n) is 5.05. The Hall–Kier alpha value is -1.82. The van der Waals surface area contributed by atoms with Crippen molar-refractivity contribution >= 4 is 35.4 Å². The van der Waals surface area contributed by atoms with Crippen LogP contribution in [-0.4, -0.2) is 27.5 Å². The predicted octanol–water partition coefficient (Wildman–Crippen LogP) is 3.15. The van der Waals surface area contributed by atoms with Crippen LogP contribution in [0.2, 0.25) is 0 Å². The third-order valence-corrected chi connectivity index (χ3v) is 4.88. The predicted molar refractivity (Wildman–Crippen MR) is 81.8 cm³/mol. The van der Waals surface area contributed by atoms with Gasteiger partial charge in [-0.05, 0) is 49.3 Å². The molecule has 1 unspecified atom stereocenters. The lowest BCUT2D eigenvalue weighted by atomic mass is 10.0. The lowest BCUT2D eigenvalue weighted by molar-refractivity contribution is -0.131. The van der Waals surface area contributed by atoms with Crippen LogP contribution in [0.15, 0.2) is 24.3 Å². The Balaban J connectivity index is 2.11. The minimum Gasteiger partial charge on any atom is -0.478 e. The molecule has 4 nitrogen and oxygen atoms in total. The fourth-order valence-corrected chi connectivity index (χ4v) is 3.33. The summed E-state index contributed by atoms with van der Waals surface area (Å²) < 4.78 is 13.4. The van der Waals surface area contributed by atoms with E-state index < -0.39 is 16.5 Å². The summed E-state index contributed by atoms with van der Waals surface area (Å²) >= 11 is 1.58. The number of rotatable bonds is 4. The Morgan fingerprint density at radius 1 is 1.48 bits per heavy atom. The first kappa shape index (κ1) is 15.6. The maximum Gasteiger partial charge on any atom is 0.328 e. The molecule has 1 aromatic rings. The largest absolute Gasteiger partial charge is 0.478 e. The normalized spacial score (nSPS) is 21.6. The molecule has 1 heterocycles. The molecule has 2 N–H and O–H groups in total. The first-order chi connectivity index (χ1) is 9.90. The van der Waals surface area contributed by atoms with Crippen molar-refractivity contribution in [2.75, 3.05) is 11.1 Å². The molecule has 1 atom stereocenters. The van der Waals surface area contributed by atoms with Crippen molar-refractivity contribution in [1.82, 2.24) is 0 Å². The average Bonchev–Trinajstić information content (AvgIpc) is 2.87. The molecule has 0 spiro atoms. The molecule has 1 saturated heterocycles. The molecule has 0 radical (unpaired) electrons. The third-order valence-electron chi connectivity index (χ3n) is 3.36. The first-order valence-corrected chi connectivity index (χ1v) is 7.55. The van der Waals surface area contributed by atoms with Crippen molar-refractivity contribution in [3.05, 3.63) is 35.7 Å². The van der Waals surface area contributed by atoms with E-state index in [0.717, 1.165) is 24.7 Å². The smallest absolute Gasteiger partial charge is 0.328 e. The highest BCUT2D eigenvalue weighted by molar-refractivity contribution is 8.01. The van der Waals surface area contributed by atoms with Crippen LogP contribution in [0.3, 0.4) is 0 Å². The zero-order chi connectivity index (χ0) is 15.5. The molecule has 112 valence electrons. The van der Waals surface area contributed by atoms with Crippen LogP contribution in [-0.2, 0) is 9.59 Å². The minimum atomic E-state index is -1.10. The van der Waals surface area contributed by atoms with Gasteiger partial charge in [0, 0.05) is 6.08 Å². The monoisotopic (exact) mass is 309 g/mol. The van der Waals surface area contributed by atoms with Gasteiger partial charge in [0.15, 0.2) is 0 Å². The third kappa shape index (κ3) is 3.85. The number of thioether (sulfide) groups is 1. The number of nitrogens with one attached hydrogen (secondary N) is 1. The second-order valence-corrected chi connectivity index (χ2v) is 6.65. The molecular weight excluding hydrogens is 293 g/mol. The summed E-state index contributed by atoms with van der Waals surface area (Å²) in [5.74, 6) is -0.940. The van der Waals surface area contributed by atoms with Gasteiger partial charge in [-0.2, -0.15) is 0 Å². The van der Waals surface area contributed by atoms with Crippen LogP contribution in [0.5, 0.6) is 0 Å². The molecule has 21 heavy (non-hydrogen) atoms. The summed E-state index contributed by atoms with van der Waals surface area (Å²) in [6, 6.07) is 4.19. The molecule has 0 bridgehead atoms. The van der Waals surface area contributed by atoms with Crippen LogP contribution in [0.25, 0.3) is 6.08 Å². The summed E-state index contributed by atoms with van der Waals surface area (Å²) in [4.78, 5) is 22.6. The first-order valence-electron chi connectivity index (χ1n) is 6.57. The summed E-state index contributed by atoms with van der Waals surface area (Å²) in [7, 11) is 0. The van der Waals surface area contributed by atoms with Crippen LogP contribution in [0, 0.1) is 5.82 Å². The SMILES string of the molecule is CC1(C(=O)Nc2ccc(/C=C/C(=O)O)cc2F)CCCS1. The van der Waals surface area contributed by atoms with Gasteiger partial charge in [-0.1, -0.05) is 6.07 Å². The Morgan fingerprint density at radius 3 is 2.81 bits per heavy atom. The molecule has 0 saturated carbocycles. The van der Waals surface area contributed by atoms with E-state index >= 15 is 0 Å². The lowest BCUT2D eigenvalue weighted by Gasteiger charge is -2.21. The molecule has 1 fully saturated rings.